The van der Waals surface area contributed by atoms with Crippen LogP contribution in [0.5, 0.6) is 0 Å². The Labute approximate surface area is 141 Å². The van der Waals surface area contributed by atoms with Gasteiger partial charge < -0.3 is 4.74 Å². The van der Waals surface area contributed by atoms with E-state index in [-0.39, 0.29) is 11.4 Å². The summed E-state index contributed by atoms with van der Waals surface area (Å²) in [7, 11) is 1.57. The maximum absolute atomic E-state index is 12.6. The highest BCUT2D eigenvalue weighted by Crippen LogP contribution is 2.72. The zero-order chi connectivity index (χ0) is 16.5. The number of carbonyl (C=O) groups excluding carboxylic acids is 1. The molecule has 0 aliphatic heterocycles. The highest BCUT2D eigenvalue weighted by atomic mass is 16.5. The van der Waals surface area contributed by atoms with Gasteiger partial charge in [-0.3, -0.25) is 4.79 Å². The van der Waals surface area contributed by atoms with Gasteiger partial charge in [-0.15, -0.1) is 0 Å². The van der Waals surface area contributed by atoms with E-state index in [4.69, 9.17) is 4.74 Å². The van der Waals surface area contributed by atoms with Crippen LogP contribution < -0.4 is 0 Å². The van der Waals surface area contributed by atoms with E-state index in [1.807, 2.05) is 0 Å². The molecule has 5 rings (SSSR count). The van der Waals surface area contributed by atoms with Crippen molar-refractivity contribution in [1.82, 2.24) is 0 Å². The molecule has 6 atom stereocenters. The summed E-state index contributed by atoms with van der Waals surface area (Å²) in [5.41, 5.74) is 2.09. The van der Waals surface area contributed by atoms with Crippen LogP contribution in [-0.4, -0.2) is 13.1 Å². The predicted molar refractivity (Wildman–Crippen MR) is 91.8 cm³/mol. The van der Waals surface area contributed by atoms with Crippen molar-refractivity contribution in [3.63, 3.8) is 0 Å². The van der Waals surface area contributed by atoms with Crippen molar-refractivity contribution in [3.8, 4) is 0 Å². The Morgan fingerprint density at radius 2 is 1.87 bits per heavy atom. The van der Waals surface area contributed by atoms with Crippen molar-refractivity contribution in [3.05, 3.63) is 12.2 Å². The highest BCUT2D eigenvalue weighted by molar-refractivity contribution is 5.77. The van der Waals surface area contributed by atoms with Crippen molar-refractivity contribution in [2.45, 2.75) is 71.6 Å². The lowest BCUT2D eigenvalue weighted by Gasteiger charge is -2.67. The molecule has 0 N–H and O–H groups in total. The minimum absolute atomic E-state index is 0.0368. The van der Waals surface area contributed by atoms with Gasteiger partial charge in [-0.05, 0) is 86.9 Å². The quantitative estimate of drug-likeness (QED) is 0.495. The molecule has 0 aromatic rings. The van der Waals surface area contributed by atoms with Gasteiger partial charge in [0.1, 0.15) is 0 Å². The maximum atomic E-state index is 12.6. The molecule has 5 fully saturated rings. The first-order chi connectivity index (χ1) is 10.9. The van der Waals surface area contributed by atoms with Gasteiger partial charge in [-0.1, -0.05) is 25.5 Å². The third-order valence-electron chi connectivity index (χ3n) is 8.76. The number of hydrogen-bond acceptors (Lipinski definition) is 2. The Hall–Kier alpha value is -0.790. The van der Waals surface area contributed by atoms with E-state index < -0.39 is 0 Å². The number of rotatable bonds is 1. The first-order valence-corrected chi connectivity index (χ1v) is 9.62. The topological polar surface area (TPSA) is 26.3 Å². The summed E-state index contributed by atoms with van der Waals surface area (Å²) in [6.45, 7) is 9.12. The lowest BCUT2D eigenvalue weighted by Crippen LogP contribution is -2.61. The van der Waals surface area contributed by atoms with E-state index in [0.717, 1.165) is 18.3 Å². The zero-order valence-corrected chi connectivity index (χ0v) is 15.1. The number of esters is 1. The first kappa shape index (κ1) is 15.7. The zero-order valence-electron chi connectivity index (χ0n) is 15.1. The standard InChI is InChI=1S/C21H32O2/c1-14-13-21-10-6-15(14)12-17(21)19(2)8-5-9-20(3,18(22)23-4)16(19)7-11-21/h15-17H,1,5-13H2,2-4H3/t15?,16-,17?,19?,20?,21+/m0/s1. The van der Waals surface area contributed by atoms with Crippen LogP contribution in [-0.2, 0) is 9.53 Å². The monoisotopic (exact) mass is 316 g/mol. The molecule has 2 heteroatoms. The number of ether oxygens (including phenoxy) is 1. The predicted octanol–water partition coefficient (Wildman–Crippen LogP) is 5.13. The lowest BCUT2D eigenvalue weighted by molar-refractivity contribution is -0.192. The van der Waals surface area contributed by atoms with Gasteiger partial charge >= 0.3 is 5.97 Å². The SMILES string of the molecule is C=C1C[C@]23CCC1CC2C1(C)CCCC(C)(C(=O)OC)[C@H]1CC3. The molecule has 23 heavy (non-hydrogen) atoms. The third kappa shape index (κ3) is 1.90. The number of fused-ring (bicyclic) bond motifs is 3. The molecular weight excluding hydrogens is 284 g/mol. The van der Waals surface area contributed by atoms with Crippen molar-refractivity contribution < 1.29 is 9.53 Å². The molecule has 1 spiro atoms. The van der Waals surface area contributed by atoms with Crippen LogP contribution in [0.3, 0.4) is 0 Å². The Morgan fingerprint density at radius 3 is 2.57 bits per heavy atom. The molecule has 0 heterocycles. The molecule has 2 nitrogen and oxygen atoms in total. The van der Waals surface area contributed by atoms with E-state index in [9.17, 15) is 4.79 Å². The van der Waals surface area contributed by atoms with Gasteiger partial charge in [0.05, 0.1) is 12.5 Å². The van der Waals surface area contributed by atoms with Crippen molar-refractivity contribution in [2.24, 2.45) is 34.0 Å². The Bertz CT molecular complexity index is 552. The number of allylic oxidation sites excluding steroid dienone is 1. The van der Waals surface area contributed by atoms with Crippen LogP contribution in [0.1, 0.15) is 71.6 Å². The summed E-state index contributed by atoms with van der Waals surface area (Å²) >= 11 is 0. The fraction of sp³-hybridized carbons (Fsp3) is 0.857. The second-order valence-electron chi connectivity index (χ2n) is 9.58. The molecular formula is C21H32O2. The minimum atomic E-state index is -0.267. The largest absolute Gasteiger partial charge is 0.469 e. The summed E-state index contributed by atoms with van der Waals surface area (Å²) in [4.78, 5) is 12.6. The second kappa shape index (κ2) is 4.86. The van der Waals surface area contributed by atoms with Gasteiger partial charge in [-0.2, -0.15) is 0 Å². The molecule has 5 aliphatic carbocycles. The van der Waals surface area contributed by atoms with E-state index >= 15 is 0 Å². The summed E-state index contributed by atoms with van der Waals surface area (Å²) in [5, 5.41) is 0. The third-order valence-corrected chi connectivity index (χ3v) is 8.76. The Balaban J connectivity index is 1.73. The van der Waals surface area contributed by atoms with Gasteiger partial charge in [0.15, 0.2) is 0 Å². The molecule has 0 amide bonds. The van der Waals surface area contributed by atoms with Crippen molar-refractivity contribution in [1.29, 1.82) is 0 Å². The smallest absolute Gasteiger partial charge is 0.311 e. The average Bonchev–Trinajstić information content (AvgIpc) is 2.53. The highest BCUT2D eigenvalue weighted by Gasteiger charge is 2.65. The van der Waals surface area contributed by atoms with Gasteiger partial charge in [0.25, 0.3) is 0 Å². The van der Waals surface area contributed by atoms with E-state index in [2.05, 4.69) is 20.4 Å². The van der Waals surface area contributed by atoms with Crippen LogP contribution in [0.4, 0.5) is 0 Å². The van der Waals surface area contributed by atoms with Gasteiger partial charge in [-0.25, -0.2) is 0 Å². The fourth-order valence-electron chi connectivity index (χ4n) is 7.71. The number of hydrogen-bond donors (Lipinski definition) is 0. The molecule has 0 saturated heterocycles. The second-order valence-corrected chi connectivity index (χ2v) is 9.58. The van der Waals surface area contributed by atoms with E-state index in [0.29, 0.717) is 16.7 Å². The molecule has 0 aromatic carbocycles. The summed E-state index contributed by atoms with van der Waals surface area (Å²) < 4.78 is 5.25. The van der Waals surface area contributed by atoms with Crippen molar-refractivity contribution >= 4 is 5.97 Å². The summed E-state index contributed by atoms with van der Waals surface area (Å²) in [6.07, 6.45) is 11.4. The molecule has 2 bridgehead atoms. The minimum Gasteiger partial charge on any atom is -0.469 e. The average molecular weight is 316 g/mol. The number of carbonyl (C=O) groups is 1. The summed E-state index contributed by atoms with van der Waals surface area (Å²) in [5.74, 6) is 2.08. The molecule has 5 aliphatic rings. The molecule has 0 radical (unpaired) electrons. The van der Waals surface area contributed by atoms with Crippen molar-refractivity contribution in [2.75, 3.05) is 7.11 Å². The van der Waals surface area contributed by atoms with E-state index in [1.165, 1.54) is 56.9 Å². The molecule has 0 aromatic heterocycles. The van der Waals surface area contributed by atoms with Gasteiger partial charge in [0, 0.05) is 0 Å². The summed E-state index contributed by atoms with van der Waals surface area (Å²) in [6, 6.07) is 0. The van der Waals surface area contributed by atoms with Crippen LogP contribution in [0.25, 0.3) is 0 Å². The van der Waals surface area contributed by atoms with Crippen LogP contribution in [0.15, 0.2) is 12.2 Å². The number of methoxy groups -OCH3 is 1. The molecule has 128 valence electrons. The van der Waals surface area contributed by atoms with Crippen LogP contribution in [0.2, 0.25) is 0 Å². The normalized spacial score (nSPS) is 51.8. The van der Waals surface area contributed by atoms with Gasteiger partial charge in [0.2, 0.25) is 0 Å². The maximum Gasteiger partial charge on any atom is 0.311 e. The fourth-order valence-corrected chi connectivity index (χ4v) is 7.71. The molecule has 4 unspecified atom stereocenters. The first-order valence-electron chi connectivity index (χ1n) is 9.62. The van der Waals surface area contributed by atoms with Crippen LogP contribution in [0, 0.1) is 34.0 Å². The van der Waals surface area contributed by atoms with Crippen LogP contribution >= 0.6 is 0 Å². The Morgan fingerprint density at radius 1 is 1.13 bits per heavy atom. The lowest BCUT2D eigenvalue weighted by atomic mass is 9.37. The molecule has 5 saturated carbocycles. The van der Waals surface area contributed by atoms with E-state index in [1.54, 1.807) is 7.11 Å². The Kier molecular flexibility index (Phi) is 3.32.